The number of rotatable bonds is 50. The van der Waals surface area contributed by atoms with Crippen LogP contribution < -0.4 is 206 Å². The van der Waals surface area contributed by atoms with E-state index in [2.05, 4.69) is 0 Å². The number of hydrogen-bond donors (Lipinski definition) is 60. The van der Waals surface area contributed by atoms with E-state index in [0.717, 1.165) is 0 Å². The van der Waals surface area contributed by atoms with Crippen molar-refractivity contribution in [3.8, 4) is 0 Å². The number of carbonyl (C=O) groups is 10. The number of aliphatic hydroxyl groups is 50. The van der Waals surface area contributed by atoms with Crippen LogP contribution in [-0.4, -0.2) is 676 Å². The molecule has 40 atom stereocenters. The zero-order valence-corrected chi connectivity index (χ0v) is 82.6. The van der Waals surface area contributed by atoms with Gasteiger partial charge in [0, 0.05) is 0 Å². The molecule has 0 heterocycles. The number of aliphatic hydroxyl groups excluding tert-OH is 50. The van der Waals surface area contributed by atoms with Gasteiger partial charge in [0.2, 0.25) is 0 Å². The quantitative estimate of drug-likeness (QED) is 0.0252. The fraction of sp³-hybridized carbons (Fsp3) is 0.833. The summed E-state index contributed by atoms with van der Waals surface area (Å²) in [6.07, 6.45) is -78.4. The smallest absolute Gasteiger partial charge is 1.00 e. The van der Waals surface area contributed by atoms with Crippen LogP contribution in [0.3, 0.4) is 0 Å². The molecule has 0 radical (unpaired) electrons. The van der Waals surface area contributed by atoms with E-state index in [1.165, 1.54) is 0 Å². The molecule has 0 fully saturated rings. The van der Waals surface area contributed by atoms with Gasteiger partial charge >= 0.3 is 265 Å². The van der Waals surface area contributed by atoms with Crippen molar-refractivity contribution in [3.05, 3.63) is 0 Å². The zero-order chi connectivity index (χ0) is 106. The van der Waals surface area contributed by atoms with Crippen molar-refractivity contribution in [3.63, 3.8) is 0 Å². The average Bonchev–Trinajstić information content (AvgIpc) is 0.953. The average molecular weight is 2120 g/mol. The summed E-state index contributed by atoms with van der Waals surface area (Å²) in [6, 6.07) is 0. The van der Waals surface area contributed by atoms with Gasteiger partial charge in [-0.1, -0.05) is 0 Å². The van der Waals surface area contributed by atoms with E-state index in [0.29, 0.717) is 0 Å². The third kappa shape index (κ3) is 69.3. The largest absolute Gasteiger partial charge is 1.00 e. The van der Waals surface area contributed by atoms with Crippen molar-refractivity contribution in [1.82, 2.24) is 0 Å². The molecule has 0 aliphatic rings. The first-order valence-corrected chi connectivity index (χ1v) is 34.7. The van der Waals surface area contributed by atoms with Gasteiger partial charge in [0.25, 0.3) is 0 Å². The maximum absolute atomic E-state index is 10.1. The third-order valence-corrected chi connectivity index (χ3v) is 15.1. The molecule has 0 rings (SSSR count). The van der Waals surface area contributed by atoms with Crippen LogP contribution in [-0.2, 0) is 47.9 Å². The molecule has 0 aliphatic heterocycles. The Balaban J connectivity index is -0.0000000720. The van der Waals surface area contributed by atoms with E-state index in [4.69, 9.17) is 306 Å². The Labute approximate surface area is 924 Å². The van der Waals surface area contributed by atoms with Gasteiger partial charge in [0.05, 0.1) is 66.1 Å². The number of hydrogen-bond acceptors (Lipinski definition) is 60. The number of aliphatic carboxylic acids is 10. The summed E-state index contributed by atoms with van der Waals surface area (Å²) >= 11 is 0. The second kappa shape index (κ2) is 89.8. The monoisotopic (exact) mass is 2120 g/mol. The van der Waals surface area contributed by atoms with Gasteiger partial charge < -0.3 is 312 Å². The molecule has 0 aromatic carbocycles. The fourth-order valence-electron chi connectivity index (χ4n) is 6.68. The molecule has 70 nitrogen and oxygen atoms in total. The Morgan fingerprint density at radius 1 is 0.119 bits per heavy atom. The topological polar surface area (TPSA) is 1380 Å². The van der Waals surface area contributed by atoms with Gasteiger partial charge in [-0.3, -0.25) is 0 Å². The predicted octanol–water partition coefficient (Wildman–Crippen LogP) is -46.5. The van der Waals surface area contributed by atoms with Crippen LogP contribution in [0.4, 0.5) is 0 Å². The van der Waals surface area contributed by atoms with Gasteiger partial charge in [0.15, 0.2) is 61.0 Å². The van der Waals surface area contributed by atoms with Crippen LogP contribution in [0.2, 0.25) is 0 Å². The molecule has 0 aromatic rings. The molecular weight excluding hydrogens is 2000 g/mol. The second-order valence-corrected chi connectivity index (χ2v) is 25.1. The SMILES string of the molecule is O=C(O)[C@H](O)[C@@H](O)[C@H](O)[C@H](O)CO.O=C(O)[C@H](O)[C@@H](O)[C@H](O)[C@H](O)CO.O=C(O)[C@H](O)[C@@H](O)[C@H](O)[C@H](O)CO.O=C(O)[C@H](O)[C@@H](O)[C@H](O)[C@H](O)CO.O=C(O)[C@H](O)[C@@H](O)[C@H](O)[C@H](O)CO.O=C(O)[C@H](O)[C@@H](O)[C@H](O)[C@H](O)CO.O=C(O)[C@H](O)[C@@H](O)[C@H](O)[C@H](O)CO.O=C(O)[C@H](O)[C@@H](O)[C@H](O)[C@H](O)CO.O=C(O)[C@H](O)[C@@H](O)[C@H](O)[C@H](O)CO.O=C(O)[C@H](O)[C@@H](O)[C@H](O)[C@H](O)CO.[H-].[H-].[H-].[H-].[K+].[K+].[K+].[K+]. The molecular formula is C60H124K4O70. The van der Waals surface area contributed by atoms with E-state index in [-0.39, 0.29) is 211 Å². The van der Waals surface area contributed by atoms with Gasteiger partial charge in [-0.15, -0.1) is 0 Å². The van der Waals surface area contributed by atoms with E-state index in [1.807, 2.05) is 0 Å². The molecule has 60 N–H and O–H groups in total. The van der Waals surface area contributed by atoms with Crippen LogP contribution in [0, 0.1) is 0 Å². The van der Waals surface area contributed by atoms with Crippen LogP contribution >= 0.6 is 0 Å². The van der Waals surface area contributed by atoms with Crippen LogP contribution in [0.1, 0.15) is 5.71 Å². The van der Waals surface area contributed by atoms with E-state index < -0.39 is 370 Å². The van der Waals surface area contributed by atoms with Gasteiger partial charge in [0.1, 0.15) is 183 Å². The molecule has 0 spiro atoms. The van der Waals surface area contributed by atoms with E-state index in [9.17, 15) is 47.9 Å². The summed E-state index contributed by atoms with van der Waals surface area (Å²) in [6.45, 7) is -8.43. The molecule has 74 heteroatoms. The van der Waals surface area contributed by atoms with Crippen LogP contribution in [0.15, 0.2) is 0 Å². The van der Waals surface area contributed by atoms with Crippen LogP contribution in [0.5, 0.6) is 0 Å². The van der Waals surface area contributed by atoms with Crippen molar-refractivity contribution in [2.75, 3.05) is 66.1 Å². The molecule has 0 saturated carbocycles. The van der Waals surface area contributed by atoms with Gasteiger partial charge in [-0.05, 0) is 0 Å². The molecule has 0 aliphatic carbocycles. The van der Waals surface area contributed by atoms with Crippen molar-refractivity contribution in [1.29, 1.82) is 0 Å². The minimum Gasteiger partial charge on any atom is -1.00 e. The standard InChI is InChI=1S/10C6H12O7.4K.4H/c10*7-1-2(8)3(9)4(10)5(11)6(12)13;;;;;;;;/h10*2-5,7-11H,1H2,(H,12,13);;;;;;;;/q;;;;;;;;;;4*+1;4*-1/t10*2-,3-,4+,5-;;;;;;;;/m1111111111......../s1. The van der Waals surface area contributed by atoms with Crippen molar-refractivity contribution >= 4 is 59.7 Å². The molecule has 0 amide bonds. The van der Waals surface area contributed by atoms with Crippen molar-refractivity contribution in [2.24, 2.45) is 0 Å². The maximum atomic E-state index is 10.1. The Kier molecular flexibility index (Phi) is 110. The summed E-state index contributed by atoms with van der Waals surface area (Å²) in [7, 11) is 0. The van der Waals surface area contributed by atoms with E-state index >= 15 is 0 Å². The number of carboxylic acid groups (broad SMARTS) is 10. The maximum Gasteiger partial charge on any atom is 1.00 e. The first-order valence-electron chi connectivity index (χ1n) is 34.7. The minimum atomic E-state index is -2.20. The van der Waals surface area contributed by atoms with Gasteiger partial charge in [-0.25, -0.2) is 47.9 Å². The zero-order valence-electron chi connectivity index (χ0n) is 74.1. The molecule has 0 bridgehead atoms. The third-order valence-electron chi connectivity index (χ3n) is 15.1. The van der Waals surface area contributed by atoms with Crippen LogP contribution in [0.25, 0.3) is 0 Å². The second-order valence-electron chi connectivity index (χ2n) is 25.1. The van der Waals surface area contributed by atoms with E-state index in [1.54, 1.807) is 0 Å². The Bertz CT molecular complexity index is 2390. The number of carboxylic acids is 10. The molecule has 788 valence electrons. The first-order chi connectivity index (χ1) is 59.1. The summed E-state index contributed by atoms with van der Waals surface area (Å²) in [4.78, 5) is 101. The minimum absolute atomic E-state index is 0. The summed E-state index contributed by atoms with van der Waals surface area (Å²) in [5.74, 6) is -17.3. The van der Waals surface area contributed by atoms with Gasteiger partial charge in [-0.2, -0.15) is 0 Å². The molecule has 0 aromatic heterocycles. The fourth-order valence-corrected chi connectivity index (χ4v) is 6.68. The first kappa shape index (κ1) is 164. The predicted molar refractivity (Wildman–Crippen MR) is 392 cm³/mol. The Hall–Kier alpha value is -0.755. The van der Waals surface area contributed by atoms with Crippen molar-refractivity contribution < 1.29 is 566 Å². The summed E-state index contributed by atoms with van der Waals surface area (Å²) in [5, 5.41) is 518. The summed E-state index contributed by atoms with van der Waals surface area (Å²) in [5.41, 5.74) is 0. The normalized spacial score (nSPS) is 19.8. The Morgan fingerprint density at radius 2 is 0.164 bits per heavy atom. The van der Waals surface area contributed by atoms with Crippen molar-refractivity contribution in [2.45, 2.75) is 244 Å². The Morgan fingerprint density at radius 3 is 0.194 bits per heavy atom. The molecule has 0 unspecified atom stereocenters. The molecule has 134 heavy (non-hydrogen) atoms. The summed E-state index contributed by atoms with van der Waals surface area (Å²) < 4.78 is 0. The molecule has 0 saturated heterocycles.